The van der Waals surface area contributed by atoms with Crippen LogP contribution in [-0.4, -0.2) is 48.4 Å². The summed E-state index contributed by atoms with van der Waals surface area (Å²) < 4.78 is 25.9. The van der Waals surface area contributed by atoms with Crippen LogP contribution >= 0.6 is 11.6 Å². The van der Waals surface area contributed by atoms with Gasteiger partial charge in [0.2, 0.25) is 5.88 Å². The van der Waals surface area contributed by atoms with Crippen molar-refractivity contribution >= 4 is 29.2 Å². The Morgan fingerprint density at radius 2 is 1.97 bits per heavy atom. The highest BCUT2D eigenvalue weighted by Gasteiger charge is 2.36. The van der Waals surface area contributed by atoms with Crippen LogP contribution in [0.1, 0.15) is 18.4 Å². The Morgan fingerprint density at radius 3 is 2.70 bits per heavy atom. The van der Waals surface area contributed by atoms with Crippen LogP contribution in [0.5, 0.6) is 0 Å². The van der Waals surface area contributed by atoms with E-state index in [1.807, 2.05) is 4.90 Å². The number of halogens is 2. The van der Waals surface area contributed by atoms with Gasteiger partial charge in [0.05, 0.1) is 25.3 Å². The van der Waals surface area contributed by atoms with Gasteiger partial charge in [0.1, 0.15) is 11.5 Å². The molecule has 0 spiro atoms. The number of benzene rings is 2. The van der Waals surface area contributed by atoms with Crippen molar-refractivity contribution in [2.75, 3.05) is 36.5 Å². The number of hydrogen-bond donors (Lipinski definition) is 1. The van der Waals surface area contributed by atoms with E-state index in [1.165, 1.54) is 6.07 Å². The fraction of sp³-hybridized carbons (Fsp3) is 0.333. The summed E-state index contributed by atoms with van der Waals surface area (Å²) in [5.74, 6) is 0.166. The van der Waals surface area contributed by atoms with Gasteiger partial charge in [-0.25, -0.2) is 9.18 Å². The van der Waals surface area contributed by atoms with Gasteiger partial charge in [-0.15, -0.1) is 0 Å². The van der Waals surface area contributed by atoms with Crippen molar-refractivity contribution in [2.24, 2.45) is 0 Å². The Labute approximate surface area is 196 Å². The zero-order chi connectivity index (χ0) is 22.8. The minimum Gasteiger partial charge on any atom is -0.378 e. The van der Waals surface area contributed by atoms with E-state index < -0.39 is 0 Å². The van der Waals surface area contributed by atoms with Crippen LogP contribution in [0.25, 0.3) is 11.3 Å². The Balaban J connectivity index is 1.48. The average molecular weight is 471 g/mol. The molecular weight excluding hydrogens is 447 g/mol. The Hall–Kier alpha value is -3.10. The summed E-state index contributed by atoms with van der Waals surface area (Å²) in [6.07, 6.45) is 1.83. The predicted octanol–water partition coefficient (Wildman–Crippen LogP) is 5.17. The number of hydrogen-bond acceptors (Lipinski definition) is 5. The van der Waals surface area contributed by atoms with E-state index in [9.17, 15) is 9.18 Å². The van der Waals surface area contributed by atoms with Crippen LogP contribution in [0.2, 0.25) is 5.02 Å². The molecule has 3 aromatic rings. The number of morpholine rings is 1. The quantitative estimate of drug-likeness (QED) is 0.538. The highest BCUT2D eigenvalue weighted by Crippen LogP contribution is 2.37. The zero-order valence-corrected chi connectivity index (χ0v) is 18.7. The summed E-state index contributed by atoms with van der Waals surface area (Å²) in [6, 6.07) is 13.4. The van der Waals surface area contributed by atoms with Crippen molar-refractivity contribution in [3.05, 3.63) is 64.9 Å². The summed E-state index contributed by atoms with van der Waals surface area (Å²) in [6.45, 7) is 2.65. The van der Waals surface area contributed by atoms with Crippen LogP contribution < -0.4 is 10.2 Å². The molecular formula is C24H24ClFN4O3. The van der Waals surface area contributed by atoms with Crippen LogP contribution in [0.3, 0.4) is 0 Å². The molecule has 5 rings (SSSR count). The first-order valence-corrected chi connectivity index (χ1v) is 11.4. The van der Waals surface area contributed by atoms with Crippen LogP contribution in [0.15, 0.2) is 53.1 Å². The summed E-state index contributed by atoms with van der Waals surface area (Å²) in [5, 5.41) is 7.71. The summed E-state index contributed by atoms with van der Waals surface area (Å²) in [7, 11) is 0. The van der Waals surface area contributed by atoms with E-state index >= 15 is 0 Å². The molecule has 1 aromatic heterocycles. The maximum Gasteiger partial charge on any atom is 0.322 e. The van der Waals surface area contributed by atoms with E-state index in [-0.39, 0.29) is 24.4 Å². The lowest BCUT2D eigenvalue weighted by atomic mass is 10.1. The van der Waals surface area contributed by atoms with Crippen LogP contribution in [0, 0.1) is 5.82 Å². The normalized spacial score (nSPS) is 16.0. The van der Waals surface area contributed by atoms with Gasteiger partial charge in [0, 0.05) is 35.4 Å². The van der Waals surface area contributed by atoms with Crippen molar-refractivity contribution in [1.29, 1.82) is 0 Å². The van der Waals surface area contributed by atoms with Crippen LogP contribution in [0.4, 0.5) is 20.8 Å². The molecule has 2 aromatic carbocycles. The molecule has 2 fully saturated rings. The van der Waals surface area contributed by atoms with Gasteiger partial charge in [0.25, 0.3) is 0 Å². The molecule has 0 radical (unpaired) electrons. The molecule has 2 amide bonds. The minimum atomic E-state index is -0.387. The Bertz CT molecular complexity index is 1140. The number of rotatable bonds is 6. The molecule has 0 bridgehead atoms. The molecule has 2 heterocycles. The average Bonchev–Trinajstić information content (AvgIpc) is 3.58. The van der Waals surface area contributed by atoms with Gasteiger partial charge in [-0.2, -0.15) is 0 Å². The molecule has 0 unspecified atom stereocenters. The third-order valence-electron chi connectivity index (χ3n) is 5.85. The SMILES string of the molecule is O=C(Nc1cccc(Cl)c1)N(Cc1c(-c2ccccc2F)noc1N1CCOCC1)C1CC1. The van der Waals surface area contributed by atoms with E-state index in [4.69, 9.17) is 20.9 Å². The van der Waals surface area contributed by atoms with E-state index in [0.717, 1.165) is 12.8 Å². The molecule has 1 N–H and O–H groups in total. The third-order valence-corrected chi connectivity index (χ3v) is 6.08. The van der Waals surface area contributed by atoms with Gasteiger partial charge in [-0.3, -0.25) is 0 Å². The number of carbonyl (C=O) groups excluding carboxylic acids is 1. The Morgan fingerprint density at radius 1 is 1.18 bits per heavy atom. The largest absolute Gasteiger partial charge is 0.378 e. The molecule has 1 saturated carbocycles. The topological polar surface area (TPSA) is 70.8 Å². The smallest absolute Gasteiger partial charge is 0.322 e. The standard InChI is InChI=1S/C24H24ClFN4O3/c25-16-4-3-5-17(14-16)27-24(31)30(18-8-9-18)15-20-22(19-6-1-2-7-21(19)26)28-33-23(20)29-10-12-32-13-11-29/h1-7,14,18H,8-13,15H2,(H,27,31). The monoisotopic (exact) mass is 470 g/mol. The molecule has 9 heteroatoms. The van der Waals surface area contributed by atoms with E-state index in [0.29, 0.717) is 59.7 Å². The van der Waals surface area contributed by atoms with Gasteiger partial charge in [-0.1, -0.05) is 35.0 Å². The number of amides is 2. The number of anilines is 2. The summed E-state index contributed by atoms with van der Waals surface area (Å²) in [5.41, 5.74) is 2.07. The fourth-order valence-corrected chi connectivity index (χ4v) is 4.20. The number of urea groups is 1. The summed E-state index contributed by atoms with van der Waals surface area (Å²) >= 11 is 6.07. The number of ether oxygens (including phenoxy) is 1. The van der Waals surface area contributed by atoms with Crippen molar-refractivity contribution in [3.63, 3.8) is 0 Å². The highest BCUT2D eigenvalue weighted by molar-refractivity contribution is 6.30. The first kappa shape index (κ1) is 21.7. The number of aromatic nitrogens is 1. The minimum absolute atomic E-state index is 0.102. The van der Waals surface area contributed by atoms with Crippen LogP contribution in [-0.2, 0) is 11.3 Å². The lowest BCUT2D eigenvalue weighted by Gasteiger charge is -2.28. The maximum absolute atomic E-state index is 14.7. The molecule has 1 saturated heterocycles. The second-order valence-electron chi connectivity index (χ2n) is 8.19. The molecule has 2 aliphatic rings. The lowest BCUT2D eigenvalue weighted by molar-refractivity contribution is 0.120. The highest BCUT2D eigenvalue weighted by atomic mass is 35.5. The second kappa shape index (κ2) is 9.41. The van der Waals surface area contributed by atoms with Gasteiger partial charge < -0.3 is 24.4 Å². The molecule has 33 heavy (non-hydrogen) atoms. The van der Waals surface area contributed by atoms with Crippen molar-refractivity contribution < 1.29 is 18.4 Å². The first-order valence-electron chi connectivity index (χ1n) is 11.0. The van der Waals surface area contributed by atoms with Gasteiger partial charge >= 0.3 is 6.03 Å². The lowest BCUT2D eigenvalue weighted by Crippen LogP contribution is -2.39. The van der Waals surface area contributed by atoms with E-state index in [1.54, 1.807) is 47.4 Å². The van der Waals surface area contributed by atoms with Crippen molar-refractivity contribution in [1.82, 2.24) is 10.1 Å². The molecule has 0 atom stereocenters. The Kier molecular flexibility index (Phi) is 6.20. The molecule has 7 nitrogen and oxygen atoms in total. The molecule has 1 aliphatic heterocycles. The fourth-order valence-electron chi connectivity index (χ4n) is 4.01. The number of nitrogens with zero attached hydrogens (tertiary/aromatic N) is 3. The predicted molar refractivity (Wildman–Crippen MR) is 124 cm³/mol. The maximum atomic E-state index is 14.7. The van der Waals surface area contributed by atoms with E-state index in [2.05, 4.69) is 10.5 Å². The first-order chi connectivity index (χ1) is 16.1. The third kappa shape index (κ3) is 4.82. The zero-order valence-electron chi connectivity index (χ0n) is 18.0. The molecule has 172 valence electrons. The second-order valence-corrected chi connectivity index (χ2v) is 8.63. The molecule has 1 aliphatic carbocycles. The number of carbonyl (C=O) groups is 1. The van der Waals surface area contributed by atoms with Gasteiger partial charge in [-0.05, 0) is 43.2 Å². The van der Waals surface area contributed by atoms with Gasteiger partial charge in [0.15, 0.2) is 0 Å². The van der Waals surface area contributed by atoms with Crippen molar-refractivity contribution in [3.8, 4) is 11.3 Å². The number of nitrogens with one attached hydrogen (secondary N) is 1. The van der Waals surface area contributed by atoms with Crippen molar-refractivity contribution in [2.45, 2.75) is 25.4 Å². The summed E-state index contributed by atoms with van der Waals surface area (Å²) in [4.78, 5) is 17.1.